The molecule has 310 valence electrons. The van der Waals surface area contributed by atoms with Crippen LogP contribution in [0.1, 0.15) is 89.3 Å². The monoisotopic (exact) mass is 815 g/mol. The second-order valence-electron chi connectivity index (χ2n) is 16.2. The number of nitrogens with one attached hydrogen (secondary N) is 1. The highest BCUT2D eigenvalue weighted by molar-refractivity contribution is 7.85. The molecule has 2 N–H and O–H groups in total. The molecular weight excluding hydrogens is 757 g/mol. The van der Waals surface area contributed by atoms with Crippen molar-refractivity contribution in [3.8, 4) is 0 Å². The van der Waals surface area contributed by atoms with Crippen LogP contribution in [0.2, 0.25) is 0 Å². The lowest BCUT2D eigenvalue weighted by Crippen LogP contribution is -2.28. The van der Waals surface area contributed by atoms with Crippen molar-refractivity contribution < 1.29 is 22.3 Å². The van der Waals surface area contributed by atoms with Crippen molar-refractivity contribution in [2.24, 2.45) is 5.11 Å². The molecule has 1 amide bonds. The Morgan fingerprint density at radius 2 is 1.66 bits per heavy atom. The summed E-state index contributed by atoms with van der Waals surface area (Å²) in [5.74, 6) is -0.0179. The molecule has 2 aromatic carbocycles. The third-order valence-corrected chi connectivity index (χ3v) is 12.0. The average Bonchev–Trinajstić information content (AvgIpc) is 3.51. The molecule has 2 aliphatic heterocycles. The Labute approximate surface area is 350 Å². The van der Waals surface area contributed by atoms with Crippen molar-refractivity contribution in [3.05, 3.63) is 160 Å². The highest BCUT2D eigenvalue weighted by Crippen LogP contribution is 2.48. The summed E-state index contributed by atoms with van der Waals surface area (Å²) in [5.41, 5.74) is 16.9. The number of rotatable bonds is 19. The summed E-state index contributed by atoms with van der Waals surface area (Å²) >= 11 is 0. The second-order valence-corrected chi connectivity index (χ2v) is 17.7. The van der Waals surface area contributed by atoms with E-state index >= 15 is 0 Å². The predicted molar refractivity (Wildman–Crippen MR) is 241 cm³/mol. The quantitative estimate of drug-likeness (QED) is 0.0276. The minimum Gasteiger partial charge on any atom is -0.356 e. The van der Waals surface area contributed by atoms with E-state index in [4.69, 9.17) is 5.53 Å². The smallest absolute Gasteiger partial charge is 0.294 e. The molecule has 1 aliphatic carbocycles. The molecule has 0 saturated carbocycles. The summed E-state index contributed by atoms with van der Waals surface area (Å²) in [6.45, 7) is 13.3. The van der Waals surface area contributed by atoms with Crippen molar-refractivity contribution in [1.29, 1.82) is 0 Å². The number of hydrogen-bond acceptors (Lipinski definition) is 5. The van der Waals surface area contributed by atoms with E-state index in [9.17, 15) is 17.8 Å². The van der Waals surface area contributed by atoms with Gasteiger partial charge >= 0.3 is 0 Å². The van der Waals surface area contributed by atoms with Gasteiger partial charge in [-0.1, -0.05) is 110 Å². The van der Waals surface area contributed by atoms with Gasteiger partial charge in [0.1, 0.15) is 6.54 Å². The summed E-state index contributed by atoms with van der Waals surface area (Å²) in [7, 11) is -4.37. The van der Waals surface area contributed by atoms with Crippen molar-refractivity contribution >= 4 is 33.1 Å². The number of fused-ring (bicyclic) bond motifs is 2. The molecule has 0 atom stereocenters. The van der Waals surface area contributed by atoms with Crippen molar-refractivity contribution in [2.75, 3.05) is 31.1 Å². The number of azide groups is 1. The standard InChI is InChI=1S/C48H58N6O4S/c1-37-27-29-42-40(35-37)47(2,3)44(54(42)34-19-23-38-21-13-8-6-9-14-22-38)24-15-10-7-11-16-25-45-48(4,5)41-36-39(59(56,57)58)28-30-43(41)53(45)33-18-12-17-26-46(55)50-31-20-32-51-52-49/h6-11,13-16,21-22,24-25,27-30,35-36H,12,17-20,23,26,31-34H2,1-5H3,(H-,50,55,56,57,58)/p+1/b8-6-,9-6?,13-8?,14-9-,21-13?,22-14?,38-21?,38-22?. The third kappa shape index (κ3) is 11.6. The molecule has 11 heteroatoms. The largest absolute Gasteiger partial charge is 0.356 e. The van der Waals surface area contributed by atoms with Gasteiger partial charge in [-0.3, -0.25) is 9.35 Å². The Morgan fingerprint density at radius 3 is 2.46 bits per heavy atom. The summed E-state index contributed by atoms with van der Waals surface area (Å²) < 4.78 is 36.2. The number of carbonyl (C=O) groups is 1. The van der Waals surface area contributed by atoms with Crippen LogP contribution >= 0.6 is 0 Å². The maximum Gasteiger partial charge on any atom is 0.294 e. The van der Waals surface area contributed by atoms with Gasteiger partial charge in [0.05, 0.1) is 10.3 Å². The summed E-state index contributed by atoms with van der Waals surface area (Å²) in [5, 5.41) is 6.36. The molecule has 0 bridgehead atoms. The van der Waals surface area contributed by atoms with E-state index in [0.717, 1.165) is 55.6 Å². The molecule has 0 fully saturated rings. The van der Waals surface area contributed by atoms with Crippen molar-refractivity contribution in [3.63, 3.8) is 0 Å². The van der Waals surface area contributed by atoms with Crippen molar-refractivity contribution in [2.45, 2.75) is 95.3 Å². The highest BCUT2D eigenvalue weighted by Gasteiger charge is 2.45. The molecule has 0 unspecified atom stereocenters. The molecule has 10 nitrogen and oxygen atoms in total. The van der Waals surface area contributed by atoms with Crippen LogP contribution in [-0.4, -0.2) is 55.3 Å². The fourth-order valence-electron chi connectivity index (χ4n) is 8.03. The normalized spacial score (nSPS) is 18.6. The average molecular weight is 816 g/mol. The number of anilines is 1. The third-order valence-electron chi connectivity index (χ3n) is 11.2. The number of hydrogen-bond donors (Lipinski definition) is 2. The number of aryl methyl sites for hydroxylation is 1. The fourth-order valence-corrected chi connectivity index (χ4v) is 8.54. The van der Waals surface area contributed by atoms with Gasteiger partial charge in [-0.2, -0.15) is 13.0 Å². The molecule has 3 aliphatic rings. The Balaban J connectivity index is 1.28. The fraction of sp³-hybridized carbons (Fsp3) is 0.375. The lowest BCUT2D eigenvalue weighted by Gasteiger charge is -2.27. The Kier molecular flexibility index (Phi) is 15.5. The van der Waals surface area contributed by atoms with E-state index in [1.54, 1.807) is 12.1 Å². The summed E-state index contributed by atoms with van der Waals surface area (Å²) in [4.78, 5) is 17.3. The number of amides is 1. The van der Waals surface area contributed by atoms with E-state index in [2.05, 4.69) is 138 Å². The number of nitrogens with zero attached hydrogens (tertiary/aromatic N) is 5. The minimum atomic E-state index is -4.37. The SMILES string of the molecule is Cc1ccc2c(c1)C(C)(C)C(=CC=CC=CC=CC1=[N+](CCCCCC(=O)NCCCN=[N+]=[N-])c3ccc(S(=O)(=O)O)cc3C1(C)C)N2CCCC1=C/C=C\C=C/C=C1. The molecule has 59 heavy (non-hydrogen) atoms. The van der Waals surface area contributed by atoms with Gasteiger partial charge in [0.25, 0.3) is 10.1 Å². The maximum atomic E-state index is 12.3. The summed E-state index contributed by atoms with van der Waals surface area (Å²) in [6.07, 6.45) is 34.7. The molecule has 2 heterocycles. The maximum absolute atomic E-state index is 12.3. The van der Waals surface area contributed by atoms with E-state index in [0.29, 0.717) is 32.5 Å². The lowest BCUT2D eigenvalue weighted by atomic mass is 9.81. The van der Waals surface area contributed by atoms with Gasteiger partial charge in [-0.15, -0.1) is 0 Å². The molecule has 2 aromatic rings. The Hall–Kier alpha value is -5.48. The molecule has 0 radical (unpaired) electrons. The molecule has 5 rings (SSSR count). The first-order valence-electron chi connectivity index (χ1n) is 20.6. The zero-order valence-electron chi connectivity index (χ0n) is 35.1. The van der Waals surface area contributed by atoms with E-state index in [1.165, 1.54) is 34.2 Å². The van der Waals surface area contributed by atoms with Gasteiger partial charge in [0.15, 0.2) is 5.71 Å². The first-order chi connectivity index (χ1) is 28.2. The number of allylic oxidation sites excluding steroid dienone is 16. The van der Waals surface area contributed by atoms with E-state index in [-0.39, 0.29) is 16.2 Å². The topological polar surface area (TPSA) is 138 Å². The van der Waals surface area contributed by atoms with Gasteiger partial charge in [0.2, 0.25) is 11.6 Å². The minimum absolute atomic E-state index is 0.0179. The molecule has 0 saturated heterocycles. The Bertz CT molecular complexity index is 2310. The second kappa shape index (κ2) is 20.5. The van der Waals surface area contributed by atoms with Crippen LogP contribution in [0.25, 0.3) is 10.4 Å². The zero-order valence-corrected chi connectivity index (χ0v) is 36.0. The Morgan fingerprint density at radius 1 is 0.898 bits per heavy atom. The van der Waals surface area contributed by atoms with Gasteiger partial charge in [-0.25, -0.2) is 0 Å². The first kappa shape index (κ1) is 44.6. The molecule has 0 aromatic heterocycles. The van der Waals surface area contributed by atoms with Gasteiger partial charge in [-0.05, 0) is 93.8 Å². The first-order valence-corrected chi connectivity index (χ1v) is 22.0. The van der Waals surface area contributed by atoms with Crippen molar-refractivity contribution in [1.82, 2.24) is 5.32 Å². The molecule has 0 spiro atoms. The van der Waals surface area contributed by atoms with Crippen LogP contribution in [0.4, 0.5) is 11.4 Å². The van der Waals surface area contributed by atoms with Gasteiger partial charge in [0, 0.05) is 71.9 Å². The predicted octanol–water partition coefficient (Wildman–Crippen LogP) is 10.7. The molecular formula is C48H59N6O4S+. The van der Waals surface area contributed by atoms with E-state index in [1.807, 2.05) is 24.3 Å². The van der Waals surface area contributed by atoms with Crippen LogP contribution in [0.5, 0.6) is 0 Å². The van der Waals surface area contributed by atoms with Gasteiger partial charge < -0.3 is 10.2 Å². The summed E-state index contributed by atoms with van der Waals surface area (Å²) in [6, 6.07) is 11.6. The van der Waals surface area contributed by atoms with E-state index < -0.39 is 15.5 Å². The number of benzene rings is 2. The lowest BCUT2D eigenvalue weighted by molar-refractivity contribution is -0.438. The van der Waals surface area contributed by atoms with Crippen LogP contribution in [-0.2, 0) is 25.7 Å². The number of carbonyl (C=O) groups excluding carboxylic acids is 1. The zero-order chi connectivity index (χ0) is 42.5. The van der Waals surface area contributed by atoms with Crippen LogP contribution in [0.15, 0.2) is 143 Å². The van der Waals surface area contributed by atoms with Crippen LogP contribution in [0, 0.1) is 6.92 Å². The highest BCUT2D eigenvalue weighted by atomic mass is 32.2. The number of unbranched alkanes of at least 4 members (excludes halogenated alkanes) is 2. The van der Waals surface area contributed by atoms with Crippen LogP contribution in [0.3, 0.4) is 0 Å². The van der Waals surface area contributed by atoms with Crippen LogP contribution < -0.4 is 10.2 Å².